The number of amides is 2. The molecule has 2 aromatic rings. The Bertz CT molecular complexity index is 962. The lowest BCUT2D eigenvalue weighted by atomic mass is 10.1. The van der Waals surface area contributed by atoms with Crippen molar-refractivity contribution in [3.63, 3.8) is 0 Å². The molecule has 0 aliphatic carbocycles. The second-order valence-corrected chi connectivity index (χ2v) is 10.1. The molecule has 156 valence electrons. The number of rotatable bonds is 8. The van der Waals surface area contributed by atoms with E-state index in [1.807, 2.05) is 42.5 Å². The number of nitrogens with one attached hydrogen (secondary N) is 1. The van der Waals surface area contributed by atoms with Crippen LogP contribution < -0.4 is 5.32 Å². The van der Waals surface area contributed by atoms with Crippen molar-refractivity contribution in [1.82, 2.24) is 4.90 Å². The Morgan fingerprint density at radius 3 is 2.50 bits per heavy atom. The molecule has 1 N–H and O–H groups in total. The largest absolute Gasteiger partial charge is 0.326 e. The Morgan fingerprint density at radius 2 is 1.80 bits per heavy atom. The topological polar surface area (TPSA) is 49.4 Å². The van der Waals surface area contributed by atoms with Crippen molar-refractivity contribution in [3.8, 4) is 0 Å². The number of benzene rings is 2. The molecule has 4 nitrogen and oxygen atoms in total. The SMILES string of the molecule is O=C(CCCCCN1C(=O)C(=Cc2ccc(Cl)cc2)SC1=S)Nc1ccc(I)cc1. The highest BCUT2D eigenvalue weighted by Crippen LogP contribution is 2.33. The van der Waals surface area contributed by atoms with Crippen LogP contribution in [-0.2, 0) is 9.59 Å². The number of nitrogens with zero attached hydrogens (tertiary/aromatic N) is 1. The van der Waals surface area contributed by atoms with Gasteiger partial charge in [-0.3, -0.25) is 14.5 Å². The zero-order valence-corrected chi connectivity index (χ0v) is 20.6. The van der Waals surface area contributed by atoms with Crippen LogP contribution in [0, 0.1) is 3.57 Å². The number of anilines is 1. The van der Waals surface area contributed by atoms with Crippen LogP contribution in [0.15, 0.2) is 53.4 Å². The molecule has 0 spiro atoms. The van der Waals surface area contributed by atoms with Gasteiger partial charge >= 0.3 is 0 Å². The predicted molar refractivity (Wildman–Crippen MR) is 138 cm³/mol. The van der Waals surface area contributed by atoms with Crippen molar-refractivity contribution in [2.75, 3.05) is 11.9 Å². The molecule has 0 bridgehead atoms. The van der Waals surface area contributed by atoms with Crippen LogP contribution in [0.2, 0.25) is 5.02 Å². The van der Waals surface area contributed by atoms with Gasteiger partial charge < -0.3 is 5.32 Å². The maximum Gasteiger partial charge on any atom is 0.266 e. The lowest BCUT2D eigenvalue weighted by molar-refractivity contribution is -0.122. The minimum Gasteiger partial charge on any atom is -0.326 e. The van der Waals surface area contributed by atoms with E-state index in [0.717, 1.165) is 34.1 Å². The van der Waals surface area contributed by atoms with Crippen LogP contribution in [0.3, 0.4) is 0 Å². The van der Waals surface area contributed by atoms with Gasteiger partial charge in [0.1, 0.15) is 4.32 Å². The van der Waals surface area contributed by atoms with E-state index in [9.17, 15) is 9.59 Å². The third-order valence-corrected chi connectivity index (χ3v) is 6.80. The molecule has 1 aliphatic heterocycles. The molecule has 30 heavy (non-hydrogen) atoms. The molecule has 2 aromatic carbocycles. The molecular weight excluding hydrogens is 551 g/mol. The summed E-state index contributed by atoms with van der Waals surface area (Å²) in [6.07, 6.45) is 4.72. The molecule has 0 aromatic heterocycles. The Kier molecular flexibility index (Phi) is 8.73. The van der Waals surface area contributed by atoms with Crippen LogP contribution in [-0.4, -0.2) is 27.6 Å². The first kappa shape index (κ1) is 23.2. The fraction of sp³-hybridized carbons (Fsp3) is 0.227. The highest BCUT2D eigenvalue weighted by atomic mass is 127. The first-order valence-corrected chi connectivity index (χ1v) is 12.2. The second kappa shape index (κ2) is 11.3. The minimum atomic E-state index is -0.0589. The van der Waals surface area contributed by atoms with Gasteiger partial charge in [0.15, 0.2) is 0 Å². The van der Waals surface area contributed by atoms with Crippen molar-refractivity contribution in [1.29, 1.82) is 0 Å². The summed E-state index contributed by atoms with van der Waals surface area (Å²) < 4.78 is 1.71. The molecule has 1 saturated heterocycles. The third-order valence-electron chi connectivity index (χ3n) is 4.45. The van der Waals surface area contributed by atoms with E-state index in [1.165, 1.54) is 11.8 Å². The van der Waals surface area contributed by atoms with E-state index in [1.54, 1.807) is 17.0 Å². The van der Waals surface area contributed by atoms with E-state index < -0.39 is 0 Å². The number of halogens is 2. The molecular formula is C22H20ClIN2O2S2. The zero-order valence-electron chi connectivity index (χ0n) is 16.1. The molecule has 1 heterocycles. The van der Waals surface area contributed by atoms with E-state index >= 15 is 0 Å². The van der Waals surface area contributed by atoms with Crippen LogP contribution in [0.4, 0.5) is 5.69 Å². The van der Waals surface area contributed by atoms with Gasteiger partial charge in [-0.25, -0.2) is 0 Å². The summed E-state index contributed by atoms with van der Waals surface area (Å²) in [5.41, 5.74) is 1.73. The molecule has 0 saturated carbocycles. The smallest absolute Gasteiger partial charge is 0.266 e. The summed E-state index contributed by atoms with van der Waals surface area (Å²) in [7, 11) is 0. The Balaban J connectivity index is 1.40. The zero-order chi connectivity index (χ0) is 21.5. The van der Waals surface area contributed by atoms with Crippen LogP contribution in [0.5, 0.6) is 0 Å². The van der Waals surface area contributed by atoms with Gasteiger partial charge in [0.05, 0.1) is 4.91 Å². The number of thiocarbonyl (C=S) groups is 1. The molecule has 3 rings (SSSR count). The standard InChI is InChI=1S/C22H20ClIN2O2S2/c23-16-7-5-15(6-8-16)14-19-21(28)26(22(29)30-19)13-3-1-2-4-20(27)25-18-11-9-17(24)10-12-18/h5-12,14H,1-4,13H2,(H,25,27). The summed E-state index contributed by atoms with van der Waals surface area (Å²) in [6.45, 7) is 0.571. The lowest BCUT2D eigenvalue weighted by Crippen LogP contribution is -2.29. The number of unbranched alkanes of at least 4 members (excludes halogenated alkanes) is 2. The van der Waals surface area contributed by atoms with Crippen LogP contribution in [0.1, 0.15) is 31.2 Å². The first-order valence-electron chi connectivity index (χ1n) is 9.49. The monoisotopic (exact) mass is 570 g/mol. The van der Waals surface area contributed by atoms with Gasteiger partial charge in [-0.2, -0.15) is 0 Å². The number of thioether (sulfide) groups is 1. The molecule has 1 fully saturated rings. The van der Waals surface area contributed by atoms with E-state index in [2.05, 4.69) is 27.9 Å². The number of hydrogen-bond acceptors (Lipinski definition) is 4. The third kappa shape index (κ3) is 6.80. The summed E-state index contributed by atoms with van der Waals surface area (Å²) in [4.78, 5) is 27.0. The Hall–Kier alpha value is -1.42. The maximum absolute atomic E-state index is 12.6. The maximum atomic E-state index is 12.6. The quantitative estimate of drug-likeness (QED) is 0.174. The van der Waals surface area contributed by atoms with Crippen LogP contribution in [0.25, 0.3) is 6.08 Å². The summed E-state index contributed by atoms with van der Waals surface area (Å²) in [5, 5.41) is 3.56. The molecule has 8 heteroatoms. The fourth-order valence-corrected chi connectivity index (χ4v) is 4.69. The molecule has 1 aliphatic rings. The minimum absolute atomic E-state index is 0.00715. The number of carbonyl (C=O) groups is 2. The van der Waals surface area contributed by atoms with Gasteiger partial charge in [0.2, 0.25) is 5.91 Å². The van der Waals surface area contributed by atoms with Crippen molar-refractivity contribution in [2.24, 2.45) is 0 Å². The Labute approximate surface area is 204 Å². The van der Waals surface area contributed by atoms with E-state index in [-0.39, 0.29) is 11.8 Å². The fourth-order valence-electron chi connectivity index (χ4n) is 2.89. The summed E-state index contributed by atoms with van der Waals surface area (Å²) >= 11 is 14.8. The lowest BCUT2D eigenvalue weighted by Gasteiger charge is -2.14. The van der Waals surface area contributed by atoms with Crippen LogP contribution >= 0.6 is 58.2 Å². The van der Waals surface area contributed by atoms with Gasteiger partial charge in [0.25, 0.3) is 5.91 Å². The first-order chi connectivity index (χ1) is 14.4. The molecule has 0 radical (unpaired) electrons. The van der Waals surface area contributed by atoms with Gasteiger partial charge in [-0.1, -0.05) is 54.1 Å². The van der Waals surface area contributed by atoms with Crippen molar-refractivity contribution in [3.05, 3.63) is 67.6 Å². The number of carbonyl (C=O) groups excluding carboxylic acids is 2. The molecule has 2 amide bonds. The van der Waals surface area contributed by atoms with Crippen molar-refractivity contribution < 1.29 is 9.59 Å². The molecule has 0 atom stereocenters. The van der Waals surface area contributed by atoms with Crippen molar-refractivity contribution in [2.45, 2.75) is 25.7 Å². The van der Waals surface area contributed by atoms with E-state index in [4.69, 9.17) is 23.8 Å². The number of hydrogen-bond donors (Lipinski definition) is 1. The molecule has 0 unspecified atom stereocenters. The predicted octanol–water partition coefficient (Wildman–Crippen LogP) is 6.34. The highest BCUT2D eigenvalue weighted by molar-refractivity contribution is 14.1. The van der Waals surface area contributed by atoms with E-state index in [0.29, 0.717) is 27.2 Å². The highest BCUT2D eigenvalue weighted by Gasteiger charge is 2.31. The van der Waals surface area contributed by atoms with Crippen molar-refractivity contribution >= 4 is 86.1 Å². The summed E-state index contributed by atoms with van der Waals surface area (Å²) in [6, 6.07) is 15.0. The average molecular weight is 571 g/mol. The van der Waals surface area contributed by atoms with Gasteiger partial charge in [-0.15, -0.1) is 0 Å². The normalized spacial score (nSPS) is 15.1. The van der Waals surface area contributed by atoms with Gasteiger partial charge in [-0.05, 0) is 83.5 Å². The average Bonchev–Trinajstić information content (AvgIpc) is 2.98. The van der Waals surface area contributed by atoms with Gasteiger partial charge in [0, 0.05) is 27.2 Å². The second-order valence-electron chi connectivity index (χ2n) is 6.75. The summed E-state index contributed by atoms with van der Waals surface area (Å²) in [5.74, 6) is -0.0517. The Morgan fingerprint density at radius 1 is 1.10 bits per heavy atom.